The van der Waals surface area contributed by atoms with Gasteiger partial charge in [-0.2, -0.15) is 0 Å². The molecule has 18 heavy (non-hydrogen) atoms. The lowest BCUT2D eigenvalue weighted by Gasteiger charge is -2.05. The zero-order valence-corrected chi connectivity index (χ0v) is 10.9. The number of rotatable bonds is 4. The fraction of sp³-hybridized carbons (Fsp3) is 0.417. The molecule has 0 bridgehead atoms. The van der Waals surface area contributed by atoms with Crippen LogP contribution in [0.1, 0.15) is 40.9 Å². The van der Waals surface area contributed by atoms with Crippen molar-refractivity contribution in [2.24, 2.45) is 0 Å². The van der Waals surface area contributed by atoms with Gasteiger partial charge in [0.05, 0.1) is 4.88 Å². The van der Waals surface area contributed by atoms with E-state index in [1.165, 1.54) is 29.7 Å². The summed E-state index contributed by atoms with van der Waals surface area (Å²) in [5.74, 6) is 1.02. The Morgan fingerprint density at radius 2 is 2.44 bits per heavy atom. The summed E-state index contributed by atoms with van der Waals surface area (Å²) in [7, 11) is 0. The SMILES string of the molecule is CCn1cnnc1NC(=O)c1sccc1C1CC1. The lowest BCUT2D eigenvalue weighted by atomic mass is 10.1. The molecule has 1 aliphatic rings. The van der Waals surface area contributed by atoms with Crippen molar-refractivity contribution in [1.29, 1.82) is 0 Å². The summed E-state index contributed by atoms with van der Waals surface area (Å²) in [6.07, 6.45) is 4.01. The van der Waals surface area contributed by atoms with Crippen molar-refractivity contribution in [1.82, 2.24) is 14.8 Å². The van der Waals surface area contributed by atoms with Gasteiger partial charge in [-0.15, -0.1) is 21.5 Å². The Hall–Kier alpha value is -1.69. The molecule has 0 aromatic carbocycles. The van der Waals surface area contributed by atoms with Crippen molar-refractivity contribution >= 4 is 23.2 Å². The number of aryl methyl sites for hydroxylation is 1. The molecule has 1 saturated carbocycles. The number of hydrogen-bond donors (Lipinski definition) is 1. The maximum absolute atomic E-state index is 12.2. The molecule has 0 radical (unpaired) electrons. The summed E-state index contributed by atoms with van der Waals surface area (Å²) in [6.45, 7) is 2.72. The van der Waals surface area contributed by atoms with E-state index >= 15 is 0 Å². The van der Waals surface area contributed by atoms with Crippen molar-refractivity contribution in [2.75, 3.05) is 5.32 Å². The highest BCUT2D eigenvalue weighted by Gasteiger charge is 2.29. The Morgan fingerprint density at radius 1 is 1.61 bits per heavy atom. The molecule has 0 unspecified atom stereocenters. The van der Waals surface area contributed by atoms with Crippen molar-refractivity contribution < 1.29 is 4.79 Å². The third-order valence-electron chi connectivity index (χ3n) is 3.10. The van der Waals surface area contributed by atoms with Gasteiger partial charge in [0.25, 0.3) is 5.91 Å². The van der Waals surface area contributed by atoms with E-state index in [1.54, 1.807) is 6.33 Å². The van der Waals surface area contributed by atoms with Gasteiger partial charge in [0, 0.05) is 6.54 Å². The quantitative estimate of drug-likeness (QED) is 0.921. The fourth-order valence-corrected chi connectivity index (χ4v) is 2.84. The molecule has 0 aliphatic heterocycles. The van der Waals surface area contributed by atoms with Crippen LogP contribution in [0.2, 0.25) is 0 Å². The molecule has 2 heterocycles. The number of carbonyl (C=O) groups is 1. The Kier molecular flexibility index (Phi) is 2.87. The number of carbonyl (C=O) groups excluding carboxylic acids is 1. The van der Waals surface area contributed by atoms with Crippen LogP contribution >= 0.6 is 11.3 Å². The van der Waals surface area contributed by atoms with Crippen molar-refractivity contribution in [3.05, 3.63) is 28.2 Å². The van der Waals surface area contributed by atoms with Gasteiger partial charge in [-0.05, 0) is 42.7 Å². The molecule has 2 aromatic heterocycles. The summed E-state index contributed by atoms with van der Waals surface area (Å²) < 4.78 is 1.81. The molecule has 2 aromatic rings. The average molecular weight is 262 g/mol. The van der Waals surface area contributed by atoms with Crippen LogP contribution in [0.15, 0.2) is 17.8 Å². The van der Waals surface area contributed by atoms with E-state index in [-0.39, 0.29) is 5.91 Å². The molecule has 0 saturated heterocycles. The first-order valence-corrected chi connectivity index (χ1v) is 6.94. The van der Waals surface area contributed by atoms with E-state index in [2.05, 4.69) is 21.6 Å². The summed E-state index contributed by atoms with van der Waals surface area (Å²) >= 11 is 1.49. The molecule has 5 nitrogen and oxygen atoms in total. The van der Waals surface area contributed by atoms with E-state index < -0.39 is 0 Å². The van der Waals surface area contributed by atoms with Crippen LogP contribution in [-0.4, -0.2) is 20.7 Å². The molecule has 6 heteroatoms. The molecular formula is C12H14N4OS. The van der Waals surface area contributed by atoms with Gasteiger partial charge >= 0.3 is 0 Å². The Bertz CT molecular complexity index is 570. The molecule has 94 valence electrons. The van der Waals surface area contributed by atoms with E-state index in [4.69, 9.17) is 0 Å². The summed E-state index contributed by atoms with van der Waals surface area (Å²) in [4.78, 5) is 13.0. The molecule has 1 amide bonds. The van der Waals surface area contributed by atoms with E-state index in [1.807, 2.05) is 16.9 Å². The largest absolute Gasteiger partial charge is 0.300 e. The highest BCUT2D eigenvalue weighted by molar-refractivity contribution is 7.12. The Labute approximate surface area is 109 Å². The second-order valence-corrected chi connectivity index (χ2v) is 5.29. The fourth-order valence-electron chi connectivity index (χ4n) is 1.96. The topological polar surface area (TPSA) is 59.8 Å². The second-order valence-electron chi connectivity index (χ2n) is 4.37. The lowest BCUT2D eigenvalue weighted by molar-refractivity contribution is 0.102. The van der Waals surface area contributed by atoms with E-state index in [0.29, 0.717) is 11.9 Å². The van der Waals surface area contributed by atoms with Crippen molar-refractivity contribution in [3.8, 4) is 0 Å². The first-order valence-electron chi connectivity index (χ1n) is 6.06. The number of anilines is 1. The normalized spacial score (nSPS) is 14.7. The highest BCUT2D eigenvalue weighted by atomic mass is 32.1. The first kappa shape index (κ1) is 11.4. The Balaban J connectivity index is 1.80. The van der Waals surface area contributed by atoms with Gasteiger partial charge in [0.15, 0.2) is 0 Å². The summed E-state index contributed by atoms with van der Waals surface area (Å²) in [5, 5.41) is 12.5. The summed E-state index contributed by atoms with van der Waals surface area (Å²) in [5.41, 5.74) is 1.18. The summed E-state index contributed by atoms with van der Waals surface area (Å²) in [6, 6.07) is 2.06. The molecule has 1 fully saturated rings. The van der Waals surface area contributed by atoms with Crippen LogP contribution in [0, 0.1) is 0 Å². The minimum absolute atomic E-state index is 0.0744. The minimum atomic E-state index is -0.0744. The standard InChI is InChI=1S/C12H14N4OS/c1-2-16-7-13-15-12(16)14-11(17)10-9(5-6-18-10)8-3-4-8/h5-8H,2-4H2,1H3,(H,14,15,17). The van der Waals surface area contributed by atoms with Gasteiger partial charge < -0.3 is 0 Å². The van der Waals surface area contributed by atoms with Crippen LogP contribution in [0.5, 0.6) is 0 Å². The van der Waals surface area contributed by atoms with Crippen LogP contribution in [-0.2, 0) is 6.54 Å². The van der Waals surface area contributed by atoms with Crippen LogP contribution in [0.25, 0.3) is 0 Å². The number of amides is 1. The average Bonchev–Trinajstić information content (AvgIpc) is 2.93. The van der Waals surface area contributed by atoms with Crippen LogP contribution in [0.3, 0.4) is 0 Å². The maximum Gasteiger partial charge on any atom is 0.268 e. The van der Waals surface area contributed by atoms with Gasteiger partial charge in [-0.1, -0.05) is 0 Å². The van der Waals surface area contributed by atoms with E-state index in [9.17, 15) is 4.79 Å². The smallest absolute Gasteiger partial charge is 0.268 e. The number of hydrogen-bond acceptors (Lipinski definition) is 4. The van der Waals surface area contributed by atoms with Crippen molar-refractivity contribution in [3.63, 3.8) is 0 Å². The van der Waals surface area contributed by atoms with Gasteiger partial charge in [-0.25, -0.2) is 0 Å². The molecule has 1 aliphatic carbocycles. The predicted molar refractivity (Wildman–Crippen MR) is 69.9 cm³/mol. The second kappa shape index (κ2) is 4.53. The third-order valence-corrected chi connectivity index (χ3v) is 4.03. The number of nitrogens with one attached hydrogen (secondary N) is 1. The predicted octanol–water partition coefficient (Wildman–Crippen LogP) is 2.49. The lowest BCUT2D eigenvalue weighted by Crippen LogP contribution is -2.15. The van der Waals surface area contributed by atoms with Gasteiger partial charge in [-0.3, -0.25) is 14.7 Å². The first-order chi connectivity index (χ1) is 8.79. The number of thiophene rings is 1. The monoisotopic (exact) mass is 262 g/mol. The molecule has 1 N–H and O–H groups in total. The zero-order chi connectivity index (χ0) is 12.5. The third kappa shape index (κ3) is 2.03. The zero-order valence-electron chi connectivity index (χ0n) is 10.1. The van der Waals surface area contributed by atoms with Crippen LogP contribution in [0.4, 0.5) is 5.95 Å². The highest BCUT2D eigenvalue weighted by Crippen LogP contribution is 2.43. The number of aromatic nitrogens is 3. The molecular weight excluding hydrogens is 248 g/mol. The number of nitrogens with zero attached hydrogens (tertiary/aromatic N) is 3. The van der Waals surface area contributed by atoms with Gasteiger partial charge in [0.1, 0.15) is 6.33 Å². The van der Waals surface area contributed by atoms with Gasteiger partial charge in [0.2, 0.25) is 5.95 Å². The molecule has 3 rings (SSSR count). The molecule has 0 spiro atoms. The Morgan fingerprint density at radius 3 is 3.17 bits per heavy atom. The van der Waals surface area contributed by atoms with E-state index in [0.717, 1.165) is 11.4 Å². The van der Waals surface area contributed by atoms with Crippen LogP contribution < -0.4 is 5.32 Å². The molecule has 0 atom stereocenters. The minimum Gasteiger partial charge on any atom is -0.300 e. The van der Waals surface area contributed by atoms with Crippen molar-refractivity contribution in [2.45, 2.75) is 32.2 Å². The maximum atomic E-state index is 12.2.